The van der Waals surface area contributed by atoms with Crippen molar-refractivity contribution in [2.24, 2.45) is 0 Å². The first-order valence-electron chi connectivity index (χ1n) is 8.80. The topological polar surface area (TPSA) is 13.7 Å². The lowest BCUT2D eigenvalue weighted by molar-refractivity contribution is -0.941. The van der Waals surface area contributed by atoms with E-state index in [9.17, 15) is 13.2 Å². The summed E-state index contributed by atoms with van der Waals surface area (Å²) in [6.07, 6.45) is -3.64. The first kappa shape index (κ1) is 18.1. The Labute approximate surface area is 159 Å². The van der Waals surface area contributed by atoms with Gasteiger partial charge in [-0.05, 0) is 35.7 Å². The molecule has 0 bridgehead atoms. The average molecular weight is 390 g/mol. The number of hydrogen-bond acceptors (Lipinski definition) is 2. The fourth-order valence-corrected chi connectivity index (χ4v) is 4.70. The molecule has 4 rings (SSSR count). The number of rotatable bonds is 4. The predicted molar refractivity (Wildman–Crippen MR) is 99.0 cm³/mol. The van der Waals surface area contributed by atoms with E-state index >= 15 is 0 Å². The van der Waals surface area contributed by atoms with Crippen LogP contribution in [-0.4, -0.2) is 12.9 Å². The normalized spacial score (nSPS) is 19.5. The summed E-state index contributed by atoms with van der Waals surface area (Å²) in [4.78, 5) is 2.77. The summed E-state index contributed by atoms with van der Waals surface area (Å²) in [5, 5.41) is 2.10. The van der Waals surface area contributed by atoms with Crippen molar-refractivity contribution in [3.05, 3.63) is 87.6 Å². The maximum atomic E-state index is 12.4. The first-order chi connectivity index (χ1) is 13.0. The van der Waals surface area contributed by atoms with E-state index in [0.29, 0.717) is 0 Å². The molecule has 2 aromatic carbocycles. The third kappa shape index (κ3) is 4.17. The maximum Gasteiger partial charge on any atom is 0.573 e. The van der Waals surface area contributed by atoms with Gasteiger partial charge in [0.05, 0.1) is 6.54 Å². The molecule has 6 heteroatoms. The molecule has 1 unspecified atom stereocenters. The summed E-state index contributed by atoms with van der Waals surface area (Å²) in [7, 11) is 0. The third-order valence-corrected chi connectivity index (χ3v) is 5.89. The van der Waals surface area contributed by atoms with Crippen molar-refractivity contribution in [1.82, 2.24) is 0 Å². The molecule has 2 heterocycles. The molecule has 0 radical (unpaired) electrons. The Morgan fingerprint density at radius 2 is 1.74 bits per heavy atom. The molecule has 0 amide bonds. The van der Waals surface area contributed by atoms with Crippen molar-refractivity contribution in [3.63, 3.8) is 0 Å². The fraction of sp³-hybridized carbons (Fsp3) is 0.238. The second-order valence-electron chi connectivity index (χ2n) is 6.67. The van der Waals surface area contributed by atoms with E-state index in [2.05, 4.69) is 28.3 Å². The second-order valence-corrected chi connectivity index (χ2v) is 7.67. The van der Waals surface area contributed by atoms with E-state index in [1.165, 1.54) is 33.0 Å². The summed E-state index contributed by atoms with van der Waals surface area (Å²) in [5.41, 5.74) is 3.55. The minimum absolute atomic E-state index is 0.111. The number of halogens is 3. The molecule has 140 valence electrons. The summed E-state index contributed by atoms with van der Waals surface area (Å²) in [6.45, 7) is 1.87. The fourth-order valence-electron chi connectivity index (χ4n) is 3.77. The molecule has 2 nitrogen and oxygen atoms in total. The van der Waals surface area contributed by atoms with Gasteiger partial charge in [-0.1, -0.05) is 30.3 Å². The van der Waals surface area contributed by atoms with Crippen molar-refractivity contribution < 1.29 is 22.8 Å². The quantitative estimate of drug-likeness (QED) is 0.698. The zero-order chi connectivity index (χ0) is 18.9. The SMILES string of the molecule is FC(F)(F)Oc1ccc([C@@H]2c3ccsc3CC[NH+]2Cc2ccccc2)cc1. The minimum Gasteiger partial charge on any atom is -0.406 e. The van der Waals surface area contributed by atoms with Crippen LogP contribution < -0.4 is 9.64 Å². The Balaban J connectivity index is 1.64. The van der Waals surface area contributed by atoms with Gasteiger partial charge in [-0.2, -0.15) is 0 Å². The molecule has 1 aliphatic rings. The lowest BCUT2D eigenvalue weighted by atomic mass is 9.92. The zero-order valence-corrected chi connectivity index (χ0v) is 15.3. The molecule has 1 N–H and O–H groups in total. The molecular weight excluding hydrogens is 371 g/mol. The monoisotopic (exact) mass is 390 g/mol. The Kier molecular flexibility index (Phi) is 4.93. The minimum atomic E-state index is -4.67. The van der Waals surface area contributed by atoms with Crippen molar-refractivity contribution in [1.29, 1.82) is 0 Å². The van der Waals surface area contributed by atoms with Crippen LogP contribution in [0.4, 0.5) is 13.2 Å². The Hall–Kier alpha value is -2.31. The van der Waals surface area contributed by atoms with E-state index < -0.39 is 6.36 Å². The van der Waals surface area contributed by atoms with E-state index in [0.717, 1.165) is 25.1 Å². The smallest absolute Gasteiger partial charge is 0.406 e. The van der Waals surface area contributed by atoms with Crippen LogP contribution in [-0.2, 0) is 13.0 Å². The van der Waals surface area contributed by atoms with E-state index in [-0.39, 0.29) is 11.8 Å². The van der Waals surface area contributed by atoms with Gasteiger partial charge in [0.1, 0.15) is 18.3 Å². The predicted octanol–water partition coefficient (Wildman–Crippen LogP) is 4.38. The van der Waals surface area contributed by atoms with Gasteiger partial charge in [0.25, 0.3) is 0 Å². The summed E-state index contributed by atoms with van der Waals surface area (Å²) in [5.74, 6) is -0.183. The molecule has 27 heavy (non-hydrogen) atoms. The molecule has 2 atom stereocenters. The number of quaternary nitrogens is 1. The van der Waals surface area contributed by atoms with Crippen LogP contribution in [0.1, 0.15) is 27.6 Å². The highest BCUT2D eigenvalue weighted by molar-refractivity contribution is 7.10. The molecule has 0 fully saturated rings. The molecule has 0 saturated heterocycles. The molecule has 0 aliphatic carbocycles. The number of hydrogen-bond donors (Lipinski definition) is 1. The van der Waals surface area contributed by atoms with Crippen molar-refractivity contribution in [2.75, 3.05) is 6.54 Å². The Bertz CT molecular complexity index is 890. The van der Waals surface area contributed by atoms with Crippen LogP contribution in [0, 0.1) is 0 Å². The largest absolute Gasteiger partial charge is 0.573 e. The van der Waals surface area contributed by atoms with Crippen molar-refractivity contribution >= 4 is 11.3 Å². The van der Waals surface area contributed by atoms with E-state index in [4.69, 9.17) is 0 Å². The van der Waals surface area contributed by atoms with Crippen LogP contribution >= 0.6 is 11.3 Å². The number of fused-ring (bicyclic) bond motifs is 1. The standard InChI is InChI=1S/C21H18F3NOS/c22-21(23,24)26-17-8-6-16(7-9-17)20-18-11-13-27-19(18)10-12-25(20)14-15-4-2-1-3-5-15/h1-9,11,13,20H,10,12,14H2/p+1/t20-/m1/s1. The highest BCUT2D eigenvalue weighted by Crippen LogP contribution is 2.31. The molecule has 0 saturated carbocycles. The lowest BCUT2D eigenvalue weighted by Crippen LogP contribution is -3.12. The van der Waals surface area contributed by atoms with Crippen LogP contribution in [0.15, 0.2) is 66.0 Å². The van der Waals surface area contributed by atoms with Gasteiger partial charge in [-0.15, -0.1) is 24.5 Å². The molecule has 3 aromatic rings. The van der Waals surface area contributed by atoms with Crippen molar-refractivity contribution in [3.8, 4) is 5.75 Å². The number of nitrogens with one attached hydrogen (secondary N) is 1. The number of benzene rings is 2. The van der Waals surface area contributed by atoms with Gasteiger partial charge >= 0.3 is 6.36 Å². The first-order valence-corrected chi connectivity index (χ1v) is 9.68. The number of alkyl halides is 3. The zero-order valence-electron chi connectivity index (χ0n) is 14.5. The number of thiophene rings is 1. The summed E-state index contributed by atoms with van der Waals surface area (Å²) >= 11 is 1.76. The molecule has 1 aromatic heterocycles. The third-order valence-electron chi connectivity index (χ3n) is 4.89. The van der Waals surface area contributed by atoms with Crippen LogP contribution in [0.3, 0.4) is 0 Å². The summed E-state index contributed by atoms with van der Waals surface area (Å²) < 4.78 is 41.3. The van der Waals surface area contributed by atoms with Crippen molar-refractivity contribution in [2.45, 2.75) is 25.4 Å². The maximum absolute atomic E-state index is 12.4. The average Bonchev–Trinajstić information content (AvgIpc) is 3.11. The van der Waals surface area contributed by atoms with E-state index in [1.54, 1.807) is 23.5 Å². The van der Waals surface area contributed by atoms with E-state index in [1.807, 2.05) is 18.2 Å². The lowest BCUT2D eigenvalue weighted by Gasteiger charge is -2.33. The van der Waals surface area contributed by atoms with Gasteiger partial charge in [-0.3, -0.25) is 0 Å². The number of ether oxygens (including phenoxy) is 1. The highest BCUT2D eigenvalue weighted by atomic mass is 32.1. The van der Waals surface area contributed by atoms with Crippen LogP contribution in [0.5, 0.6) is 5.75 Å². The second kappa shape index (κ2) is 7.37. The highest BCUT2D eigenvalue weighted by Gasteiger charge is 2.34. The molecular formula is C21H19F3NOS+. The van der Waals surface area contributed by atoms with Gasteiger partial charge < -0.3 is 9.64 Å². The molecule has 1 aliphatic heterocycles. The Morgan fingerprint density at radius 3 is 2.44 bits per heavy atom. The summed E-state index contributed by atoms with van der Waals surface area (Å²) in [6, 6.07) is 18.9. The Morgan fingerprint density at radius 1 is 1.00 bits per heavy atom. The molecule has 0 spiro atoms. The van der Waals surface area contributed by atoms with Gasteiger partial charge in [0, 0.05) is 28.0 Å². The van der Waals surface area contributed by atoms with Gasteiger partial charge in [-0.25, -0.2) is 0 Å². The van der Waals surface area contributed by atoms with Gasteiger partial charge in [0.2, 0.25) is 0 Å². The van der Waals surface area contributed by atoms with Gasteiger partial charge in [0.15, 0.2) is 0 Å². The van der Waals surface area contributed by atoms with Crippen LogP contribution in [0.25, 0.3) is 0 Å². The van der Waals surface area contributed by atoms with Crippen LogP contribution in [0.2, 0.25) is 0 Å².